The van der Waals surface area contributed by atoms with E-state index in [2.05, 4.69) is 4.90 Å². The highest BCUT2D eigenvalue weighted by molar-refractivity contribution is 5.77. The number of aliphatic hydroxyl groups excluding tert-OH is 1. The van der Waals surface area contributed by atoms with Crippen LogP contribution in [0.5, 0.6) is 0 Å². The van der Waals surface area contributed by atoms with Crippen LogP contribution in [0.2, 0.25) is 0 Å². The molecule has 0 aromatic carbocycles. The summed E-state index contributed by atoms with van der Waals surface area (Å²) in [5, 5.41) is 9.60. The maximum atomic E-state index is 12.4. The first-order chi connectivity index (χ1) is 8.66. The summed E-state index contributed by atoms with van der Waals surface area (Å²) in [6.45, 7) is 2.74. The molecule has 1 N–H and O–H groups in total. The van der Waals surface area contributed by atoms with Gasteiger partial charge in [0.2, 0.25) is 5.91 Å². The van der Waals surface area contributed by atoms with Gasteiger partial charge in [-0.1, -0.05) is 19.3 Å². The summed E-state index contributed by atoms with van der Waals surface area (Å²) in [6.07, 6.45) is 9.60. The number of amides is 1. The quantitative estimate of drug-likeness (QED) is 0.837. The van der Waals surface area contributed by atoms with Crippen molar-refractivity contribution in [3.05, 3.63) is 0 Å². The van der Waals surface area contributed by atoms with E-state index in [1.807, 2.05) is 6.92 Å². The predicted molar refractivity (Wildman–Crippen MR) is 72.2 cm³/mol. The molecule has 3 heteroatoms. The Hall–Kier alpha value is -0.570. The van der Waals surface area contributed by atoms with E-state index in [9.17, 15) is 9.90 Å². The average molecular weight is 253 g/mol. The lowest BCUT2D eigenvalue weighted by Gasteiger charge is -2.34. The first-order valence-corrected chi connectivity index (χ1v) is 7.64. The van der Waals surface area contributed by atoms with Gasteiger partial charge in [-0.05, 0) is 44.9 Å². The third kappa shape index (κ3) is 3.71. The van der Waals surface area contributed by atoms with Gasteiger partial charge in [0.15, 0.2) is 0 Å². The zero-order chi connectivity index (χ0) is 13.0. The molecule has 0 aromatic heterocycles. The number of hydrogen-bond acceptors (Lipinski definition) is 2. The van der Waals surface area contributed by atoms with Crippen molar-refractivity contribution in [3.8, 4) is 0 Å². The normalized spacial score (nSPS) is 27.4. The van der Waals surface area contributed by atoms with Gasteiger partial charge in [-0.3, -0.25) is 4.79 Å². The molecule has 2 aliphatic rings. The van der Waals surface area contributed by atoms with E-state index in [1.54, 1.807) is 0 Å². The molecule has 2 fully saturated rings. The molecule has 3 nitrogen and oxygen atoms in total. The maximum absolute atomic E-state index is 12.4. The van der Waals surface area contributed by atoms with Crippen molar-refractivity contribution in [3.63, 3.8) is 0 Å². The minimum atomic E-state index is -0.299. The Balaban J connectivity index is 1.92. The van der Waals surface area contributed by atoms with Gasteiger partial charge in [-0.2, -0.15) is 0 Å². The van der Waals surface area contributed by atoms with Crippen LogP contribution in [0.4, 0.5) is 0 Å². The van der Waals surface area contributed by atoms with E-state index >= 15 is 0 Å². The molecule has 1 aliphatic carbocycles. The van der Waals surface area contributed by atoms with Crippen molar-refractivity contribution in [2.75, 3.05) is 6.54 Å². The molecule has 104 valence electrons. The van der Waals surface area contributed by atoms with Gasteiger partial charge in [0, 0.05) is 19.0 Å². The molecule has 1 amide bonds. The summed E-state index contributed by atoms with van der Waals surface area (Å²) in [4.78, 5) is 14.5. The van der Waals surface area contributed by atoms with E-state index in [0.717, 1.165) is 32.2 Å². The highest BCUT2D eigenvalue weighted by Gasteiger charge is 2.29. The summed E-state index contributed by atoms with van der Waals surface area (Å²) in [5.74, 6) is 0.986. The van der Waals surface area contributed by atoms with Crippen molar-refractivity contribution < 1.29 is 9.90 Å². The Morgan fingerprint density at radius 1 is 1.22 bits per heavy atom. The number of nitrogens with zero attached hydrogens (tertiary/aromatic N) is 1. The van der Waals surface area contributed by atoms with E-state index in [1.165, 1.54) is 32.1 Å². The summed E-state index contributed by atoms with van der Waals surface area (Å²) in [7, 11) is 0. The zero-order valence-corrected chi connectivity index (χ0v) is 11.6. The third-order valence-corrected chi connectivity index (χ3v) is 4.50. The van der Waals surface area contributed by atoms with Crippen molar-refractivity contribution in [2.24, 2.45) is 5.92 Å². The monoisotopic (exact) mass is 253 g/mol. The van der Waals surface area contributed by atoms with Crippen LogP contribution >= 0.6 is 0 Å². The highest BCUT2D eigenvalue weighted by Crippen LogP contribution is 2.31. The molecule has 1 heterocycles. The second kappa shape index (κ2) is 6.55. The molecule has 2 rings (SSSR count). The molecule has 1 saturated heterocycles. The lowest BCUT2D eigenvalue weighted by Crippen LogP contribution is -2.42. The number of aliphatic hydroxyl groups is 1. The second-order valence-electron chi connectivity index (χ2n) is 6.18. The maximum Gasteiger partial charge on any atom is 0.223 e. The summed E-state index contributed by atoms with van der Waals surface area (Å²) in [5.41, 5.74) is 0. The fourth-order valence-corrected chi connectivity index (χ4v) is 3.21. The minimum absolute atomic E-state index is 0.278. The molecule has 18 heavy (non-hydrogen) atoms. The van der Waals surface area contributed by atoms with E-state index < -0.39 is 0 Å². The number of rotatable bonds is 4. The molecule has 2 unspecified atom stereocenters. The fraction of sp³-hybridized carbons (Fsp3) is 0.933. The lowest BCUT2D eigenvalue weighted by molar-refractivity contribution is -0.135. The standard InChI is InChI=1S/C15H27NO2/c1-12(17)10-14-8-3-2-4-9-16(14)15(18)11-13-6-5-7-13/h12-14,17H,2-11H2,1H3. The molecule has 2 atom stereocenters. The van der Waals surface area contributed by atoms with Crippen molar-refractivity contribution >= 4 is 5.91 Å². The summed E-state index contributed by atoms with van der Waals surface area (Å²) < 4.78 is 0. The smallest absolute Gasteiger partial charge is 0.223 e. The predicted octanol–water partition coefficient (Wildman–Crippen LogP) is 2.72. The Morgan fingerprint density at radius 2 is 2.00 bits per heavy atom. The molecule has 0 radical (unpaired) electrons. The van der Waals surface area contributed by atoms with Gasteiger partial charge in [0.05, 0.1) is 6.10 Å². The summed E-state index contributed by atoms with van der Waals surface area (Å²) >= 11 is 0. The van der Waals surface area contributed by atoms with Gasteiger partial charge >= 0.3 is 0 Å². The first kappa shape index (κ1) is 13.9. The van der Waals surface area contributed by atoms with Crippen molar-refractivity contribution in [1.29, 1.82) is 0 Å². The van der Waals surface area contributed by atoms with Crippen LogP contribution in [0.3, 0.4) is 0 Å². The molecule has 1 aliphatic heterocycles. The van der Waals surface area contributed by atoms with Gasteiger partial charge in [0.25, 0.3) is 0 Å². The second-order valence-corrected chi connectivity index (χ2v) is 6.18. The third-order valence-electron chi connectivity index (χ3n) is 4.50. The number of likely N-dealkylation sites (tertiary alicyclic amines) is 1. The molecular weight excluding hydrogens is 226 g/mol. The molecule has 0 aromatic rings. The Kier molecular flexibility index (Phi) is 5.04. The van der Waals surface area contributed by atoms with Crippen LogP contribution in [0.1, 0.15) is 64.7 Å². The number of carbonyl (C=O) groups excluding carboxylic acids is 1. The lowest BCUT2D eigenvalue weighted by atomic mass is 9.82. The minimum Gasteiger partial charge on any atom is -0.393 e. The average Bonchev–Trinajstić information content (AvgIpc) is 2.48. The van der Waals surface area contributed by atoms with E-state index in [4.69, 9.17) is 0 Å². The Labute approximate surface area is 111 Å². The largest absolute Gasteiger partial charge is 0.393 e. The Bertz CT molecular complexity index is 274. The van der Waals surface area contributed by atoms with Crippen molar-refractivity contribution in [1.82, 2.24) is 4.90 Å². The molecule has 0 spiro atoms. The van der Waals surface area contributed by atoms with Crippen LogP contribution in [-0.2, 0) is 4.79 Å². The fourth-order valence-electron chi connectivity index (χ4n) is 3.21. The van der Waals surface area contributed by atoms with E-state index in [-0.39, 0.29) is 12.1 Å². The number of hydrogen-bond donors (Lipinski definition) is 1. The van der Waals surface area contributed by atoms with Gasteiger partial charge in [-0.15, -0.1) is 0 Å². The highest BCUT2D eigenvalue weighted by atomic mass is 16.3. The van der Waals surface area contributed by atoms with Crippen LogP contribution in [-0.4, -0.2) is 34.6 Å². The van der Waals surface area contributed by atoms with Crippen LogP contribution in [0.15, 0.2) is 0 Å². The molecular formula is C15H27NO2. The zero-order valence-electron chi connectivity index (χ0n) is 11.6. The summed E-state index contributed by atoms with van der Waals surface area (Å²) in [6, 6.07) is 0.278. The van der Waals surface area contributed by atoms with Gasteiger partial charge in [0.1, 0.15) is 0 Å². The van der Waals surface area contributed by atoms with E-state index in [0.29, 0.717) is 11.8 Å². The Morgan fingerprint density at radius 3 is 2.61 bits per heavy atom. The van der Waals surface area contributed by atoms with Crippen LogP contribution in [0.25, 0.3) is 0 Å². The van der Waals surface area contributed by atoms with Gasteiger partial charge in [-0.25, -0.2) is 0 Å². The van der Waals surface area contributed by atoms with Crippen LogP contribution < -0.4 is 0 Å². The first-order valence-electron chi connectivity index (χ1n) is 7.64. The SMILES string of the molecule is CC(O)CC1CCCCCN1C(=O)CC1CCC1. The molecule has 1 saturated carbocycles. The molecule has 0 bridgehead atoms. The topological polar surface area (TPSA) is 40.5 Å². The van der Waals surface area contributed by atoms with Gasteiger partial charge < -0.3 is 10.0 Å². The van der Waals surface area contributed by atoms with Crippen molar-refractivity contribution in [2.45, 2.75) is 76.9 Å². The number of carbonyl (C=O) groups is 1. The van der Waals surface area contributed by atoms with Crippen LogP contribution in [0, 0.1) is 5.92 Å².